The number of unbranched alkanes of at least 4 members (excludes halogenated alkanes) is 1. The molecule has 0 aliphatic rings. The SMILES string of the molecule is CCCCNCCOc1c(Br)cc(Br)cc1Br. The van der Waals surface area contributed by atoms with Crippen molar-refractivity contribution in [1.82, 2.24) is 5.32 Å². The number of nitrogens with one attached hydrogen (secondary N) is 1. The van der Waals surface area contributed by atoms with E-state index < -0.39 is 0 Å². The van der Waals surface area contributed by atoms with Gasteiger partial charge < -0.3 is 10.1 Å². The Morgan fingerprint density at radius 2 is 1.76 bits per heavy atom. The Hall–Kier alpha value is 0.420. The molecule has 2 nitrogen and oxygen atoms in total. The molecule has 0 saturated carbocycles. The van der Waals surface area contributed by atoms with Crippen molar-refractivity contribution in [3.63, 3.8) is 0 Å². The van der Waals surface area contributed by atoms with Gasteiger partial charge in [-0.3, -0.25) is 0 Å². The molecule has 0 heterocycles. The molecule has 1 rings (SSSR count). The van der Waals surface area contributed by atoms with Crippen molar-refractivity contribution in [2.45, 2.75) is 19.8 Å². The van der Waals surface area contributed by atoms with E-state index in [0.717, 1.165) is 32.3 Å². The van der Waals surface area contributed by atoms with Gasteiger partial charge in [0.1, 0.15) is 12.4 Å². The molecule has 0 aromatic heterocycles. The maximum atomic E-state index is 5.73. The quantitative estimate of drug-likeness (QED) is 0.632. The molecular formula is C12H16Br3NO. The maximum absolute atomic E-state index is 5.73. The average molecular weight is 430 g/mol. The second-order valence-corrected chi connectivity index (χ2v) is 6.27. The molecule has 0 saturated heterocycles. The van der Waals surface area contributed by atoms with E-state index in [2.05, 4.69) is 60.0 Å². The van der Waals surface area contributed by atoms with Gasteiger partial charge in [-0.05, 0) is 57.0 Å². The summed E-state index contributed by atoms with van der Waals surface area (Å²) in [5.74, 6) is 0.852. The number of benzene rings is 1. The molecule has 0 fully saturated rings. The standard InChI is InChI=1S/C12H16Br3NO/c1-2-3-4-16-5-6-17-12-10(14)7-9(13)8-11(12)15/h7-8,16H,2-6H2,1H3. The highest BCUT2D eigenvalue weighted by molar-refractivity contribution is 9.11. The van der Waals surface area contributed by atoms with Crippen LogP contribution in [0.1, 0.15) is 19.8 Å². The van der Waals surface area contributed by atoms with E-state index >= 15 is 0 Å². The van der Waals surface area contributed by atoms with Crippen LogP contribution in [0.2, 0.25) is 0 Å². The molecule has 17 heavy (non-hydrogen) atoms. The van der Waals surface area contributed by atoms with Crippen LogP contribution in [-0.2, 0) is 0 Å². The Labute approximate surface area is 128 Å². The van der Waals surface area contributed by atoms with Gasteiger partial charge in [0.2, 0.25) is 0 Å². The van der Waals surface area contributed by atoms with Crippen molar-refractivity contribution in [3.05, 3.63) is 25.6 Å². The van der Waals surface area contributed by atoms with Gasteiger partial charge in [-0.15, -0.1) is 0 Å². The number of halogens is 3. The molecule has 5 heteroatoms. The zero-order valence-corrected chi connectivity index (χ0v) is 14.5. The number of hydrogen-bond donors (Lipinski definition) is 1. The summed E-state index contributed by atoms with van der Waals surface area (Å²) in [5.41, 5.74) is 0. The van der Waals surface area contributed by atoms with Crippen molar-refractivity contribution in [1.29, 1.82) is 0 Å². The minimum absolute atomic E-state index is 0.669. The highest BCUT2D eigenvalue weighted by Gasteiger charge is 2.07. The van der Waals surface area contributed by atoms with Crippen molar-refractivity contribution < 1.29 is 4.74 Å². The topological polar surface area (TPSA) is 21.3 Å². The van der Waals surface area contributed by atoms with Gasteiger partial charge in [0, 0.05) is 11.0 Å². The highest BCUT2D eigenvalue weighted by atomic mass is 79.9. The third-order valence-corrected chi connectivity index (χ3v) is 3.83. The normalized spacial score (nSPS) is 10.6. The summed E-state index contributed by atoms with van der Waals surface area (Å²) in [5, 5.41) is 3.34. The molecule has 0 atom stereocenters. The summed E-state index contributed by atoms with van der Waals surface area (Å²) >= 11 is 10.4. The highest BCUT2D eigenvalue weighted by Crippen LogP contribution is 2.36. The van der Waals surface area contributed by atoms with Crippen LogP contribution in [0.3, 0.4) is 0 Å². The number of ether oxygens (including phenoxy) is 1. The van der Waals surface area contributed by atoms with Crippen molar-refractivity contribution in [2.24, 2.45) is 0 Å². The minimum Gasteiger partial charge on any atom is -0.490 e. The molecule has 96 valence electrons. The van der Waals surface area contributed by atoms with Crippen molar-refractivity contribution in [2.75, 3.05) is 19.7 Å². The lowest BCUT2D eigenvalue weighted by Crippen LogP contribution is -2.22. The predicted molar refractivity (Wildman–Crippen MR) is 82.8 cm³/mol. The van der Waals surface area contributed by atoms with Gasteiger partial charge in [-0.25, -0.2) is 0 Å². The van der Waals surface area contributed by atoms with Crippen molar-refractivity contribution in [3.8, 4) is 5.75 Å². The van der Waals surface area contributed by atoms with Crippen LogP contribution in [-0.4, -0.2) is 19.7 Å². The van der Waals surface area contributed by atoms with Gasteiger partial charge in [0.05, 0.1) is 8.95 Å². The monoisotopic (exact) mass is 427 g/mol. The fourth-order valence-electron chi connectivity index (χ4n) is 1.32. The molecule has 0 aliphatic carbocycles. The summed E-state index contributed by atoms with van der Waals surface area (Å²) in [6.45, 7) is 4.79. The van der Waals surface area contributed by atoms with Gasteiger partial charge in [-0.1, -0.05) is 29.3 Å². The molecule has 0 amide bonds. The largest absolute Gasteiger partial charge is 0.490 e. The first-order valence-electron chi connectivity index (χ1n) is 5.63. The first-order valence-corrected chi connectivity index (χ1v) is 8.01. The van der Waals surface area contributed by atoms with E-state index in [1.807, 2.05) is 12.1 Å². The Morgan fingerprint density at radius 3 is 2.35 bits per heavy atom. The van der Waals surface area contributed by atoms with E-state index in [9.17, 15) is 0 Å². The van der Waals surface area contributed by atoms with Crippen LogP contribution in [0.4, 0.5) is 0 Å². The zero-order valence-electron chi connectivity index (χ0n) is 9.73. The third-order valence-electron chi connectivity index (χ3n) is 2.20. The summed E-state index contributed by atoms with van der Waals surface area (Å²) in [7, 11) is 0. The third kappa shape index (κ3) is 5.73. The van der Waals surface area contributed by atoms with Crippen LogP contribution in [0.5, 0.6) is 5.75 Å². The van der Waals surface area contributed by atoms with Gasteiger partial charge in [0.15, 0.2) is 0 Å². The molecule has 1 aromatic rings. The van der Waals surface area contributed by atoms with E-state index in [4.69, 9.17) is 4.74 Å². The molecule has 0 aliphatic heterocycles. The first kappa shape index (κ1) is 15.5. The molecular weight excluding hydrogens is 414 g/mol. The number of rotatable bonds is 7. The zero-order chi connectivity index (χ0) is 12.7. The first-order chi connectivity index (χ1) is 8.15. The lowest BCUT2D eigenvalue weighted by Gasteiger charge is -2.11. The predicted octanol–water partition coefficient (Wildman–Crippen LogP) is 4.74. The van der Waals surface area contributed by atoms with E-state index in [1.54, 1.807) is 0 Å². The summed E-state index contributed by atoms with van der Waals surface area (Å²) < 4.78 is 8.65. The minimum atomic E-state index is 0.669. The lowest BCUT2D eigenvalue weighted by molar-refractivity contribution is 0.310. The fraction of sp³-hybridized carbons (Fsp3) is 0.500. The number of hydrogen-bond acceptors (Lipinski definition) is 2. The van der Waals surface area contributed by atoms with Crippen LogP contribution >= 0.6 is 47.8 Å². The van der Waals surface area contributed by atoms with E-state index in [1.165, 1.54) is 12.8 Å². The van der Waals surface area contributed by atoms with E-state index in [0.29, 0.717) is 6.61 Å². The van der Waals surface area contributed by atoms with Gasteiger partial charge >= 0.3 is 0 Å². The summed E-state index contributed by atoms with van der Waals surface area (Å²) in [6, 6.07) is 3.95. The summed E-state index contributed by atoms with van der Waals surface area (Å²) in [6.07, 6.45) is 2.43. The molecule has 0 unspecified atom stereocenters. The van der Waals surface area contributed by atoms with E-state index in [-0.39, 0.29) is 0 Å². The summed E-state index contributed by atoms with van der Waals surface area (Å²) in [4.78, 5) is 0. The van der Waals surface area contributed by atoms with Crippen LogP contribution < -0.4 is 10.1 Å². The van der Waals surface area contributed by atoms with Crippen LogP contribution in [0.15, 0.2) is 25.6 Å². The average Bonchev–Trinajstić information content (AvgIpc) is 2.26. The lowest BCUT2D eigenvalue weighted by atomic mass is 10.3. The molecule has 1 N–H and O–H groups in total. The molecule has 0 bridgehead atoms. The molecule has 0 spiro atoms. The smallest absolute Gasteiger partial charge is 0.147 e. The Bertz CT molecular complexity index is 335. The Morgan fingerprint density at radius 1 is 1.12 bits per heavy atom. The second-order valence-electron chi connectivity index (χ2n) is 3.65. The molecule has 0 radical (unpaired) electrons. The Balaban J connectivity index is 2.36. The molecule has 1 aromatic carbocycles. The van der Waals surface area contributed by atoms with Crippen molar-refractivity contribution >= 4 is 47.8 Å². The fourth-order valence-corrected chi connectivity index (χ4v) is 3.81. The Kier molecular flexibility index (Phi) is 7.75. The van der Waals surface area contributed by atoms with Crippen LogP contribution in [0.25, 0.3) is 0 Å². The van der Waals surface area contributed by atoms with Gasteiger partial charge in [0.25, 0.3) is 0 Å². The van der Waals surface area contributed by atoms with Gasteiger partial charge in [-0.2, -0.15) is 0 Å². The second kappa shape index (κ2) is 8.51. The van der Waals surface area contributed by atoms with Crippen LogP contribution in [0, 0.1) is 0 Å². The maximum Gasteiger partial charge on any atom is 0.147 e.